The Morgan fingerprint density at radius 3 is 2.47 bits per heavy atom. The first-order chi connectivity index (χ1) is 16.1. The largest absolute Gasteiger partial charge is 0.496 e. The van der Waals surface area contributed by atoms with Gasteiger partial charge in [0.2, 0.25) is 0 Å². The number of benzene rings is 2. The molecule has 2 aliphatic heterocycles. The third-order valence-corrected chi connectivity index (χ3v) is 6.14. The van der Waals surface area contributed by atoms with Gasteiger partial charge in [-0.3, -0.25) is 14.9 Å². The van der Waals surface area contributed by atoms with Crippen molar-refractivity contribution in [2.75, 3.05) is 23.5 Å². The van der Waals surface area contributed by atoms with Crippen LogP contribution >= 0.6 is 0 Å². The average Bonchev–Trinajstić information content (AvgIpc) is 2.77. The Balaban J connectivity index is 1.84. The van der Waals surface area contributed by atoms with E-state index in [1.807, 2.05) is 19.1 Å². The number of amides is 4. The number of halogens is 1. The fourth-order valence-electron chi connectivity index (χ4n) is 4.65. The van der Waals surface area contributed by atoms with E-state index in [4.69, 9.17) is 4.74 Å². The van der Waals surface area contributed by atoms with Crippen LogP contribution in [0.25, 0.3) is 11.6 Å². The number of hydrogen-bond donors (Lipinski definition) is 1. The van der Waals surface area contributed by atoms with Crippen LogP contribution in [-0.4, -0.2) is 37.0 Å². The third kappa shape index (κ3) is 3.75. The van der Waals surface area contributed by atoms with E-state index in [0.29, 0.717) is 16.2 Å². The lowest BCUT2D eigenvalue weighted by molar-refractivity contribution is -0.122. The molecule has 2 aliphatic rings. The molecule has 34 heavy (non-hydrogen) atoms. The summed E-state index contributed by atoms with van der Waals surface area (Å²) >= 11 is 0. The van der Waals surface area contributed by atoms with Gasteiger partial charge in [-0.05, 0) is 57.5 Å². The molecular weight excluding hydrogens is 437 g/mol. The number of nitrogens with zero attached hydrogens (tertiary/aromatic N) is 2. The van der Waals surface area contributed by atoms with E-state index in [0.717, 1.165) is 29.4 Å². The number of para-hydroxylation sites is 1. The lowest BCUT2D eigenvalue weighted by Crippen LogP contribution is -2.54. The van der Waals surface area contributed by atoms with E-state index in [2.05, 4.69) is 37.1 Å². The average molecular weight is 464 g/mol. The van der Waals surface area contributed by atoms with Crippen LogP contribution in [0.3, 0.4) is 0 Å². The second kappa shape index (κ2) is 8.44. The molecule has 0 atom stereocenters. The molecule has 7 nitrogen and oxygen atoms in total. The Morgan fingerprint density at radius 1 is 1.12 bits per heavy atom. The van der Waals surface area contributed by atoms with Gasteiger partial charge < -0.3 is 9.64 Å². The molecule has 176 valence electrons. The Morgan fingerprint density at radius 2 is 1.82 bits per heavy atom. The van der Waals surface area contributed by atoms with Crippen LogP contribution < -0.4 is 19.9 Å². The number of anilines is 2. The Hall–Kier alpha value is -3.94. The monoisotopic (exact) mass is 463 g/mol. The van der Waals surface area contributed by atoms with E-state index in [1.165, 1.54) is 31.4 Å². The highest BCUT2D eigenvalue weighted by molar-refractivity contribution is 6.39. The summed E-state index contributed by atoms with van der Waals surface area (Å²) in [5, 5.41) is 2.12. The summed E-state index contributed by atoms with van der Waals surface area (Å²) < 4.78 is 19.9. The van der Waals surface area contributed by atoms with Gasteiger partial charge >= 0.3 is 6.03 Å². The second-order valence-corrected chi connectivity index (χ2v) is 8.75. The first kappa shape index (κ1) is 23.2. The zero-order valence-corrected chi connectivity index (χ0v) is 19.7. The van der Waals surface area contributed by atoms with Crippen molar-refractivity contribution in [3.8, 4) is 5.75 Å². The second-order valence-electron chi connectivity index (χ2n) is 8.75. The van der Waals surface area contributed by atoms with Crippen molar-refractivity contribution in [2.24, 2.45) is 0 Å². The van der Waals surface area contributed by atoms with Crippen LogP contribution in [0.5, 0.6) is 5.75 Å². The molecule has 4 amide bonds. The molecule has 0 bridgehead atoms. The molecule has 0 aromatic heterocycles. The van der Waals surface area contributed by atoms with E-state index in [-0.39, 0.29) is 16.8 Å². The number of allylic oxidation sites excluding steroid dienone is 1. The van der Waals surface area contributed by atoms with Crippen molar-refractivity contribution < 1.29 is 23.5 Å². The zero-order valence-electron chi connectivity index (χ0n) is 19.7. The number of urea groups is 1. The van der Waals surface area contributed by atoms with Gasteiger partial charge in [-0.1, -0.05) is 18.2 Å². The Kier molecular flexibility index (Phi) is 5.77. The summed E-state index contributed by atoms with van der Waals surface area (Å²) in [6.07, 6.45) is 3.54. The van der Waals surface area contributed by atoms with E-state index < -0.39 is 23.7 Å². The lowest BCUT2D eigenvalue weighted by atomic mass is 9.87. The molecule has 4 rings (SSSR count). The SMILES string of the molecule is CCN1c2cc(OC)c(/C=C3/C(=O)NC(=O)N(c4ccccc4F)C3=O)cc2C(C)=CC1(C)C. The quantitative estimate of drug-likeness (QED) is 0.533. The first-order valence-electron chi connectivity index (χ1n) is 10.9. The topological polar surface area (TPSA) is 79.0 Å². The highest BCUT2D eigenvalue weighted by Gasteiger charge is 2.38. The van der Waals surface area contributed by atoms with E-state index in [1.54, 1.807) is 0 Å². The highest BCUT2D eigenvalue weighted by atomic mass is 19.1. The van der Waals surface area contributed by atoms with Gasteiger partial charge in [0.25, 0.3) is 11.8 Å². The Bertz CT molecular complexity index is 1280. The van der Waals surface area contributed by atoms with Crippen LogP contribution in [0.15, 0.2) is 48.0 Å². The Labute approximate surface area is 197 Å². The van der Waals surface area contributed by atoms with Gasteiger partial charge in [-0.2, -0.15) is 0 Å². The van der Waals surface area contributed by atoms with Gasteiger partial charge in [0, 0.05) is 29.4 Å². The van der Waals surface area contributed by atoms with Gasteiger partial charge in [0.05, 0.1) is 18.3 Å². The molecule has 1 fully saturated rings. The predicted octanol–water partition coefficient (Wildman–Crippen LogP) is 4.52. The number of methoxy groups -OCH3 is 1. The fraction of sp³-hybridized carbons (Fsp3) is 0.269. The van der Waals surface area contributed by atoms with E-state index >= 15 is 0 Å². The number of ether oxygens (including phenoxy) is 1. The number of hydrogen-bond acceptors (Lipinski definition) is 5. The smallest absolute Gasteiger partial charge is 0.336 e. The van der Waals surface area contributed by atoms with Crippen LogP contribution in [0.4, 0.5) is 20.6 Å². The van der Waals surface area contributed by atoms with Crippen molar-refractivity contribution in [3.63, 3.8) is 0 Å². The molecule has 0 unspecified atom stereocenters. The van der Waals surface area contributed by atoms with Gasteiger partial charge in [-0.25, -0.2) is 14.1 Å². The number of rotatable bonds is 4. The third-order valence-electron chi connectivity index (χ3n) is 6.14. The van der Waals surface area contributed by atoms with Crippen LogP contribution in [-0.2, 0) is 9.59 Å². The summed E-state index contributed by atoms with van der Waals surface area (Å²) in [6, 6.07) is 8.12. The molecule has 2 aromatic rings. The van der Waals surface area contributed by atoms with Crippen molar-refractivity contribution in [3.05, 3.63) is 65.0 Å². The summed E-state index contributed by atoms with van der Waals surface area (Å²) in [6.45, 7) is 9.11. The van der Waals surface area contributed by atoms with Crippen LogP contribution in [0.2, 0.25) is 0 Å². The maximum absolute atomic E-state index is 14.3. The molecular formula is C26H26FN3O4. The minimum absolute atomic E-state index is 0.198. The highest BCUT2D eigenvalue weighted by Crippen LogP contribution is 2.42. The number of imide groups is 2. The normalized spacial score (nSPS) is 18.6. The van der Waals surface area contributed by atoms with Crippen LogP contribution in [0, 0.1) is 5.82 Å². The zero-order chi connectivity index (χ0) is 24.8. The number of nitrogens with one attached hydrogen (secondary N) is 1. The maximum atomic E-state index is 14.3. The maximum Gasteiger partial charge on any atom is 0.336 e. The fourth-order valence-corrected chi connectivity index (χ4v) is 4.65. The van der Waals surface area contributed by atoms with Gasteiger partial charge in [0.1, 0.15) is 17.1 Å². The molecule has 1 N–H and O–H groups in total. The van der Waals surface area contributed by atoms with Crippen LogP contribution in [0.1, 0.15) is 38.8 Å². The summed E-state index contributed by atoms with van der Waals surface area (Å²) in [7, 11) is 1.51. The first-order valence-corrected chi connectivity index (χ1v) is 10.9. The van der Waals surface area contributed by atoms with Crippen molar-refractivity contribution in [1.82, 2.24) is 5.32 Å². The van der Waals surface area contributed by atoms with Gasteiger partial charge in [-0.15, -0.1) is 0 Å². The predicted molar refractivity (Wildman–Crippen MR) is 129 cm³/mol. The van der Waals surface area contributed by atoms with Gasteiger partial charge in [0.15, 0.2) is 0 Å². The number of likely N-dealkylation sites (N-methyl/N-ethyl adjacent to an activating group) is 1. The molecule has 8 heteroatoms. The van der Waals surface area contributed by atoms with Crippen molar-refractivity contribution in [2.45, 2.75) is 33.2 Å². The van der Waals surface area contributed by atoms with Crippen molar-refractivity contribution >= 4 is 40.9 Å². The molecule has 0 aliphatic carbocycles. The molecule has 0 radical (unpaired) electrons. The summed E-state index contributed by atoms with van der Waals surface area (Å²) in [5.74, 6) is -2.06. The standard InChI is InChI=1S/C26H26FN3O4/c1-6-29-21-13-22(34-5)16(11-17(21)15(2)14-26(29,3)4)12-18-23(31)28-25(33)30(24(18)32)20-10-8-7-9-19(20)27/h7-14H,6H2,1-5H3,(H,28,31,33)/b18-12-. The molecule has 2 aromatic carbocycles. The molecule has 2 heterocycles. The molecule has 1 saturated heterocycles. The number of barbiturate groups is 1. The molecule has 0 spiro atoms. The van der Waals surface area contributed by atoms with Crippen molar-refractivity contribution in [1.29, 1.82) is 0 Å². The van der Waals surface area contributed by atoms with E-state index in [9.17, 15) is 18.8 Å². The molecule has 0 saturated carbocycles. The number of carbonyl (C=O) groups is 3. The lowest BCUT2D eigenvalue weighted by Gasteiger charge is -2.43. The minimum atomic E-state index is -1.01. The summed E-state index contributed by atoms with van der Waals surface area (Å²) in [4.78, 5) is 41.1. The number of carbonyl (C=O) groups excluding carboxylic acids is 3. The number of fused-ring (bicyclic) bond motifs is 1. The summed E-state index contributed by atoms with van der Waals surface area (Å²) in [5.41, 5.74) is 2.73. The minimum Gasteiger partial charge on any atom is -0.496 e.